The Kier molecular flexibility index (Phi) is 9.41. The minimum Gasteiger partial charge on any atom is -0.370 e. The highest BCUT2D eigenvalue weighted by Gasteiger charge is 2.11. The van der Waals surface area contributed by atoms with Crippen LogP contribution in [0.4, 0.5) is 5.82 Å². The van der Waals surface area contributed by atoms with Gasteiger partial charge in [-0.25, -0.2) is 4.98 Å². The van der Waals surface area contributed by atoms with E-state index in [1.807, 2.05) is 11.4 Å². The Hall–Kier alpha value is -1.04. The average Bonchev–Trinajstić information content (AvgIpc) is 2.74. The normalized spacial score (nSPS) is 10.2. The van der Waals surface area contributed by atoms with Crippen LogP contribution < -0.4 is 11.1 Å². The number of rotatable bonds is 7. The molecule has 0 aliphatic carbocycles. The molecule has 0 aliphatic heterocycles. The van der Waals surface area contributed by atoms with Gasteiger partial charge in [0.2, 0.25) is 0 Å². The number of nitrogens with two attached hydrogens (primary N) is 1. The molecule has 2 heterocycles. The van der Waals surface area contributed by atoms with Gasteiger partial charge in [0.05, 0.1) is 5.69 Å². The Morgan fingerprint density at radius 1 is 1.18 bits per heavy atom. The molecule has 7 heteroatoms. The van der Waals surface area contributed by atoms with E-state index in [4.69, 9.17) is 5.73 Å². The standard InChI is InChI=1S/C15H25N5.2ClH/c1-4-13-10-14(17-9-7-5-6-8-16)20-15(18-13)11(2)12(3)19-20;;/h10,17H,4-9,16H2,1-3H3;2*1H. The molecule has 0 bridgehead atoms. The Morgan fingerprint density at radius 3 is 2.55 bits per heavy atom. The van der Waals surface area contributed by atoms with Crippen LogP contribution in [0.25, 0.3) is 5.65 Å². The van der Waals surface area contributed by atoms with Gasteiger partial charge in [0, 0.05) is 23.9 Å². The van der Waals surface area contributed by atoms with Crippen molar-refractivity contribution in [2.24, 2.45) is 5.73 Å². The molecule has 126 valence electrons. The minimum absolute atomic E-state index is 0. The second-order valence-corrected chi connectivity index (χ2v) is 5.21. The predicted molar refractivity (Wildman–Crippen MR) is 97.7 cm³/mol. The molecule has 0 aliphatic rings. The maximum Gasteiger partial charge on any atom is 0.160 e. The average molecular weight is 348 g/mol. The molecule has 0 saturated heterocycles. The lowest BCUT2D eigenvalue weighted by Gasteiger charge is -2.10. The second-order valence-electron chi connectivity index (χ2n) is 5.21. The number of anilines is 1. The molecule has 5 nitrogen and oxygen atoms in total. The summed E-state index contributed by atoms with van der Waals surface area (Å²) in [5.74, 6) is 1.04. The first kappa shape index (κ1) is 21.0. The third-order valence-electron chi connectivity index (χ3n) is 3.66. The maximum atomic E-state index is 5.51. The second kappa shape index (κ2) is 9.87. The molecule has 3 N–H and O–H groups in total. The Bertz CT molecular complexity index is 583. The topological polar surface area (TPSA) is 68.2 Å². The molecule has 0 saturated carbocycles. The molecule has 0 aromatic carbocycles. The number of halogens is 2. The number of aromatic nitrogens is 3. The van der Waals surface area contributed by atoms with Gasteiger partial charge in [-0.2, -0.15) is 9.61 Å². The molecular weight excluding hydrogens is 321 g/mol. The van der Waals surface area contributed by atoms with Crippen molar-refractivity contribution in [2.75, 3.05) is 18.4 Å². The van der Waals surface area contributed by atoms with Gasteiger partial charge in [0.25, 0.3) is 0 Å². The van der Waals surface area contributed by atoms with Crippen molar-refractivity contribution in [3.05, 3.63) is 23.0 Å². The van der Waals surface area contributed by atoms with E-state index in [9.17, 15) is 0 Å². The molecule has 0 unspecified atom stereocenters. The van der Waals surface area contributed by atoms with Gasteiger partial charge in [-0.1, -0.05) is 13.3 Å². The van der Waals surface area contributed by atoms with Gasteiger partial charge in [0.15, 0.2) is 5.65 Å². The molecule has 0 radical (unpaired) electrons. The van der Waals surface area contributed by atoms with Gasteiger partial charge in [-0.15, -0.1) is 24.8 Å². The van der Waals surface area contributed by atoms with E-state index in [2.05, 4.69) is 35.3 Å². The van der Waals surface area contributed by atoms with Crippen molar-refractivity contribution in [1.29, 1.82) is 0 Å². The summed E-state index contributed by atoms with van der Waals surface area (Å²) in [5.41, 5.74) is 9.77. The van der Waals surface area contributed by atoms with Gasteiger partial charge < -0.3 is 11.1 Å². The molecule has 0 spiro atoms. The van der Waals surface area contributed by atoms with Crippen molar-refractivity contribution in [2.45, 2.75) is 46.5 Å². The van der Waals surface area contributed by atoms with Crippen LogP contribution in [-0.2, 0) is 6.42 Å². The third-order valence-corrected chi connectivity index (χ3v) is 3.66. The van der Waals surface area contributed by atoms with Crippen LogP contribution in [0.5, 0.6) is 0 Å². The van der Waals surface area contributed by atoms with Crippen molar-refractivity contribution in [3.8, 4) is 0 Å². The van der Waals surface area contributed by atoms with Crippen molar-refractivity contribution >= 4 is 36.3 Å². The zero-order chi connectivity index (χ0) is 14.5. The van der Waals surface area contributed by atoms with Crippen LogP contribution in [0.15, 0.2) is 6.07 Å². The third kappa shape index (κ3) is 4.73. The lowest BCUT2D eigenvalue weighted by Crippen LogP contribution is -2.09. The number of hydrogen-bond acceptors (Lipinski definition) is 4. The Morgan fingerprint density at radius 2 is 1.91 bits per heavy atom. The molecule has 2 aromatic heterocycles. The first-order chi connectivity index (χ1) is 9.67. The van der Waals surface area contributed by atoms with Crippen LogP contribution in [0.2, 0.25) is 0 Å². The lowest BCUT2D eigenvalue weighted by molar-refractivity contribution is 0.704. The van der Waals surface area contributed by atoms with Crippen LogP contribution in [0.3, 0.4) is 0 Å². The number of nitrogens with zero attached hydrogens (tertiary/aromatic N) is 3. The first-order valence-electron chi connectivity index (χ1n) is 7.47. The molecule has 0 atom stereocenters. The van der Waals surface area contributed by atoms with Gasteiger partial charge in [0.1, 0.15) is 5.82 Å². The summed E-state index contributed by atoms with van der Waals surface area (Å²) in [6.45, 7) is 7.95. The lowest BCUT2D eigenvalue weighted by atomic mass is 10.2. The molecule has 2 rings (SSSR count). The van der Waals surface area contributed by atoms with Crippen LogP contribution in [0, 0.1) is 13.8 Å². The largest absolute Gasteiger partial charge is 0.370 e. The molecule has 22 heavy (non-hydrogen) atoms. The fourth-order valence-corrected chi connectivity index (χ4v) is 2.25. The number of nitrogens with one attached hydrogen (secondary N) is 1. The summed E-state index contributed by atoms with van der Waals surface area (Å²) in [6.07, 6.45) is 4.31. The predicted octanol–water partition coefficient (Wildman–Crippen LogP) is 3.29. The molecule has 0 amide bonds. The molecule has 0 fully saturated rings. The van der Waals surface area contributed by atoms with Gasteiger partial charge >= 0.3 is 0 Å². The van der Waals surface area contributed by atoms with Crippen molar-refractivity contribution in [1.82, 2.24) is 14.6 Å². The molecule has 2 aromatic rings. The van der Waals surface area contributed by atoms with E-state index in [0.29, 0.717) is 0 Å². The fourth-order valence-electron chi connectivity index (χ4n) is 2.25. The summed E-state index contributed by atoms with van der Waals surface area (Å²) in [7, 11) is 0. The van der Waals surface area contributed by atoms with Gasteiger partial charge in [-0.3, -0.25) is 0 Å². The number of fused-ring (bicyclic) bond motifs is 1. The highest BCUT2D eigenvalue weighted by atomic mass is 35.5. The highest BCUT2D eigenvalue weighted by molar-refractivity contribution is 5.85. The summed E-state index contributed by atoms with van der Waals surface area (Å²) in [5, 5.41) is 8.06. The van der Waals surface area contributed by atoms with E-state index in [1.54, 1.807) is 0 Å². The van der Waals surface area contributed by atoms with E-state index in [0.717, 1.165) is 67.2 Å². The summed E-state index contributed by atoms with van der Waals surface area (Å²) in [6, 6.07) is 2.10. The maximum absolute atomic E-state index is 5.51. The minimum atomic E-state index is 0. The van der Waals surface area contributed by atoms with Gasteiger partial charge in [-0.05, 0) is 39.7 Å². The monoisotopic (exact) mass is 347 g/mol. The Labute approximate surface area is 144 Å². The summed E-state index contributed by atoms with van der Waals surface area (Å²) in [4.78, 5) is 4.68. The zero-order valence-electron chi connectivity index (χ0n) is 13.6. The zero-order valence-corrected chi connectivity index (χ0v) is 15.2. The molecular formula is C15H27Cl2N5. The van der Waals surface area contributed by atoms with Crippen molar-refractivity contribution in [3.63, 3.8) is 0 Å². The van der Waals surface area contributed by atoms with E-state index >= 15 is 0 Å². The first-order valence-corrected chi connectivity index (χ1v) is 7.47. The van der Waals surface area contributed by atoms with E-state index in [1.165, 1.54) is 0 Å². The van der Waals surface area contributed by atoms with Crippen molar-refractivity contribution < 1.29 is 0 Å². The number of aryl methyl sites for hydroxylation is 3. The van der Waals surface area contributed by atoms with E-state index in [-0.39, 0.29) is 24.8 Å². The summed E-state index contributed by atoms with van der Waals surface area (Å²) >= 11 is 0. The summed E-state index contributed by atoms with van der Waals surface area (Å²) < 4.78 is 1.92. The van der Waals surface area contributed by atoms with Crippen LogP contribution in [0.1, 0.15) is 43.1 Å². The SMILES string of the molecule is CCc1cc(NCCCCCN)n2nc(C)c(C)c2n1.Cl.Cl. The van der Waals surface area contributed by atoms with E-state index < -0.39 is 0 Å². The van der Waals surface area contributed by atoms with Crippen LogP contribution >= 0.6 is 24.8 Å². The highest BCUT2D eigenvalue weighted by Crippen LogP contribution is 2.18. The van der Waals surface area contributed by atoms with Crippen LogP contribution in [-0.4, -0.2) is 27.7 Å². The number of unbranched alkanes of at least 4 members (excludes halogenated alkanes) is 2. The number of hydrogen-bond donors (Lipinski definition) is 2. The Balaban J connectivity index is 0.00000220. The fraction of sp³-hybridized carbons (Fsp3) is 0.600. The smallest absolute Gasteiger partial charge is 0.160 e. The quantitative estimate of drug-likeness (QED) is 0.754.